The second-order valence-corrected chi connectivity index (χ2v) is 9.29. The van der Waals surface area contributed by atoms with Crippen LogP contribution in [0.15, 0.2) is 22.7 Å². The van der Waals surface area contributed by atoms with Crippen molar-refractivity contribution in [3.63, 3.8) is 0 Å². The first-order chi connectivity index (χ1) is 12.2. The summed E-state index contributed by atoms with van der Waals surface area (Å²) >= 11 is 3.14. The molecule has 1 aliphatic heterocycles. The van der Waals surface area contributed by atoms with Gasteiger partial charge in [-0.1, -0.05) is 22.9 Å². The Morgan fingerprint density at radius 2 is 2.00 bits per heavy atom. The number of sulfone groups is 1. The van der Waals surface area contributed by atoms with Gasteiger partial charge in [0.1, 0.15) is 5.82 Å². The molecule has 144 valence electrons. The molecule has 2 rings (SSSR count). The Kier molecular flexibility index (Phi) is 7.13. The third-order valence-electron chi connectivity index (χ3n) is 3.98. The summed E-state index contributed by atoms with van der Waals surface area (Å²) in [4.78, 5) is 25.7. The van der Waals surface area contributed by atoms with Crippen LogP contribution in [0.2, 0.25) is 0 Å². The third kappa shape index (κ3) is 6.33. The summed E-state index contributed by atoms with van der Waals surface area (Å²) in [6.07, 6.45) is 0.406. The molecule has 0 radical (unpaired) electrons. The Hall–Kier alpha value is -1.52. The minimum atomic E-state index is -3.07. The highest BCUT2D eigenvalue weighted by atomic mass is 79.9. The highest BCUT2D eigenvalue weighted by molar-refractivity contribution is 9.10. The molecule has 0 unspecified atom stereocenters. The largest absolute Gasteiger partial charge is 0.351 e. The Bertz CT molecular complexity index is 788. The van der Waals surface area contributed by atoms with Crippen molar-refractivity contribution in [2.45, 2.75) is 19.4 Å². The van der Waals surface area contributed by atoms with Crippen LogP contribution in [0.5, 0.6) is 0 Å². The molecule has 1 aromatic rings. The van der Waals surface area contributed by atoms with E-state index in [1.54, 1.807) is 17.9 Å². The average molecular weight is 450 g/mol. The van der Waals surface area contributed by atoms with Crippen molar-refractivity contribution in [2.75, 3.05) is 36.5 Å². The summed E-state index contributed by atoms with van der Waals surface area (Å²) in [5, 5.41) is 5.15. The Labute approximate surface area is 160 Å². The number of rotatable bonds is 7. The van der Waals surface area contributed by atoms with Gasteiger partial charge in [-0.2, -0.15) is 0 Å². The molecule has 2 N–H and O–H groups in total. The van der Waals surface area contributed by atoms with E-state index >= 15 is 0 Å². The standard InChI is InChI=1S/C16H21BrFN3O4S/c1-2-21(8-15(22)19-12-5-6-26(24,25)10-12)9-16(23)20-14-4-3-11(17)7-13(14)18/h3-4,7,12H,2,5-6,8-10H2,1H3,(H,19,22)(H,20,23)/t12-/m1/s1. The fourth-order valence-corrected chi connectivity index (χ4v) is 4.65. The SMILES string of the molecule is CCN(CC(=O)Nc1ccc(Br)cc1F)CC(=O)N[C@@H]1CCS(=O)(=O)C1. The lowest BCUT2D eigenvalue weighted by molar-refractivity contribution is -0.123. The molecule has 0 aromatic heterocycles. The van der Waals surface area contributed by atoms with Crippen LogP contribution in [0.1, 0.15) is 13.3 Å². The molecular weight excluding hydrogens is 429 g/mol. The molecule has 1 saturated heterocycles. The molecule has 2 amide bonds. The molecule has 0 saturated carbocycles. The van der Waals surface area contributed by atoms with Crippen molar-refractivity contribution in [2.24, 2.45) is 0 Å². The molecule has 7 nitrogen and oxygen atoms in total. The molecule has 1 aliphatic rings. The molecular formula is C16H21BrFN3O4S. The number of carbonyl (C=O) groups is 2. The number of anilines is 1. The number of amides is 2. The Balaban J connectivity index is 1.84. The van der Waals surface area contributed by atoms with Crippen molar-refractivity contribution >= 4 is 43.3 Å². The number of likely N-dealkylation sites (N-methyl/N-ethyl adjacent to an activating group) is 1. The highest BCUT2D eigenvalue weighted by Gasteiger charge is 2.29. The van der Waals surface area contributed by atoms with Crippen LogP contribution in [-0.4, -0.2) is 62.3 Å². The minimum Gasteiger partial charge on any atom is -0.351 e. The monoisotopic (exact) mass is 449 g/mol. The summed E-state index contributed by atoms with van der Waals surface area (Å²) in [6.45, 7) is 2.11. The summed E-state index contributed by atoms with van der Waals surface area (Å²) in [7, 11) is -3.07. The van der Waals surface area contributed by atoms with Crippen molar-refractivity contribution < 1.29 is 22.4 Å². The maximum atomic E-state index is 13.8. The fraction of sp³-hybridized carbons (Fsp3) is 0.500. The first-order valence-corrected chi connectivity index (χ1v) is 10.8. The van der Waals surface area contributed by atoms with Crippen LogP contribution in [0.3, 0.4) is 0 Å². The zero-order valence-corrected chi connectivity index (χ0v) is 16.7. The third-order valence-corrected chi connectivity index (χ3v) is 6.25. The van der Waals surface area contributed by atoms with Crippen molar-refractivity contribution in [3.05, 3.63) is 28.5 Å². The van der Waals surface area contributed by atoms with Gasteiger partial charge in [0.2, 0.25) is 11.8 Å². The predicted molar refractivity (Wildman–Crippen MR) is 100 cm³/mol. The lowest BCUT2D eigenvalue weighted by atomic mass is 10.2. The lowest BCUT2D eigenvalue weighted by Crippen LogP contribution is -2.44. The van der Waals surface area contributed by atoms with Crippen LogP contribution >= 0.6 is 15.9 Å². The van der Waals surface area contributed by atoms with E-state index in [1.807, 2.05) is 0 Å². The predicted octanol–water partition coefficient (Wildman–Crippen LogP) is 1.15. The van der Waals surface area contributed by atoms with Crippen LogP contribution in [0, 0.1) is 5.82 Å². The van der Waals surface area contributed by atoms with E-state index in [0.29, 0.717) is 17.4 Å². The highest BCUT2D eigenvalue weighted by Crippen LogP contribution is 2.19. The lowest BCUT2D eigenvalue weighted by Gasteiger charge is -2.20. The van der Waals surface area contributed by atoms with Crippen LogP contribution in [-0.2, 0) is 19.4 Å². The van der Waals surface area contributed by atoms with E-state index < -0.39 is 21.6 Å². The maximum Gasteiger partial charge on any atom is 0.238 e. The smallest absolute Gasteiger partial charge is 0.238 e. The van der Waals surface area contributed by atoms with E-state index in [9.17, 15) is 22.4 Å². The molecule has 1 heterocycles. The molecule has 10 heteroatoms. The number of benzene rings is 1. The molecule has 1 aromatic carbocycles. The van der Waals surface area contributed by atoms with Gasteiger partial charge < -0.3 is 10.6 Å². The normalized spacial score (nSPS) is 18.7. The summed E-state index contributed by atoms with van der Waals surface area (Å²) in [6, 6.07) is 3.92. The quantitative estimate of drug-likeness (QED) is 0.650. The second kappa shape index (κ2) is 8.92. The van der Waals surface area contributed by atoms with Gasteiger partial charge >= 0.3 is 0 Å². The molecule has 0 aliphatic carbocycles. The van der Waals surface area contributed by atoms with E-state index in [0.717, 1.165) is 0 Å². The van der Waals surface area contributed by atoms with Crippen molar-refractivity contribution in [3.8, 4) is 0 Å². The number of nitrogens with one attached hydrogen (secondary N) is 2. The van der Waals surface area contributed by atoms with Gasteiger partial charge in [0.15, 0.2) is 9.84 Å². The number of hydrogen-bond donors (Lipinski definition) is 2. The van der Waals surface area contributed by atoms with Crippen molar-refractivity contribution in [1.82, 2.24) is 10.2 Å². The first kappa shape index (κ1) is 20.8. The van der Waals surface area contributed by atoms with Gasteiger partial charge in [0.05, 0.1) is 30.3 Å². The van der Waals surface area contributed by atoms with Gasteiger partial charge in [0.25, 0.3) is 0 Å². The van der Waals surface area contributed by atoms with Gasteiger partial charge in [-0.3, -0.25) is 14.5 Å². The zero-order valence-electron chi connectivity index (χ0n) is 14.3. The van der Waals surface area contributed by atoms with Crippen LogP contribution < -0.4 is 10.6 Å². The minimum absolute atomic E-state index is 0.0384. The first-order valence-electron chi connectivity index (χ1n) is 8.15. The summed E-state index contributed by atoms with van der Waals surface area (Å²) in [5.41, 5.74) is 0.0647. The van der Waals surface area contributed by atoms with E-state index in [4.69, 9.17) is 0 Å². The summed E-state index contributed by atoms with van der Waals surface area (Å²) < 4.78 is 37.2. The van der Waals surface area contributed by atoms with E-state index in [-0.39, 0.29) is 42.2 Å². The second-order valence-electron chi connectivity index (χ2n) is 6.14. The Morgan fingerprint density at radius 3 is 2.58 bits per heavy atom. The molecule has 26 heavy (non-hydrogen) atoms. The Morgan fingerprint density at radius 1 is 1.31 bits per heavy atom. The van der Waals surface area contributed by atoms with Gasteiger partial charge in [-0.25, -0.2) is 12.8 Å². The zero-order chi connectivity index (χ0) is 19.3. The number of nitrogens with zero attached hydrogens (tertiary/aromatic N) is 1. The number of hydrogen-bond acceptors (Lipinski definition) is 5. The van der Waals surface area contributed by atoms with Crippen molar-refractivity contribution in [1.29, 1.82) is 0 Å². The molecule has 0 spiro atoms. The van der Waals surface area contributed by atoms with Crippen LogP contribution in [0.4, 0.5) is 10.1 Å². The summed E-state index contributed by atoms with van der Waals surface area (Å²) in [5.74, 6) is -1.30. The number of halogens is 2. The molecule has 1 atom stereocenters. The van der Waals surface area contributed by atoms with E-state index in [1.165, 1.54) is 12.1 Å². The average Bonchev–Trinajstić information content (AvgIpc) is 2.88. The maximum absolute atomic E-state index is 13.8. The molecule has 0 bridgehead atoms. The number of carbonyl (C=O) groups excluding carboxylic acids is 2. The van der Waals surface area contributed by atoms with Gasteiger partial charge in [-0.05, 0) is 31.2 Å². The van der Waals surface area contributed by atoms with Gasteiger partial charge in [0, 0.05) is 10.5 Å². The molecule has 1 fully saturated rings. The van der Waals surface area contributed by atoms with Gasteiger partial charge in [-0.15, -0.1) is 0 Å². The van der Waals surface area contributed by atoms with Crippen LogP contribution in [0.25, 0.3) is 0 Å². The fourth-order valence-electron chi connectivity index (χ4n) is 2.65. The topological polar surface area (TPSA) is 95.6 Å². The van der Waals surface area contributed by atoms with E-state index in [2.05, 4.69) is 26.6 Å².